The summed E-state index contributed by atoms with van der Waals surface area (Å²) in [5, 5.41) is 4.20. The summed E-state index contributed by atoms with van der Waals surface area (Å²) in [6, 6.07) is 14.2. The number of ether oxygens (including phenoxy) is 1. The lowest BCUT2D eigenvalue weighted by atomic mass is 10.0. The van der Waals surface area contributed by atoms with Gasteiger partial charge in [-0.1, -0.05) is 42.4 Å². The van der Waals surface area contributed by atoms with Gasteiger partial charge in [0.15, 0.2) is 6.10 Å². The van der Waals surface area contributed by atoms with E-state index in [9.17, 15) is 9.18 Å². The lowest BCUT2D eigenvalue weighted by Crippen LogP contribution is -2.37. The van der Waals surface area contributed by atoms with Crippen molar-refractivity contribution < 1.29 is 18.8 Å². The van der Waals surface area contributed by atoms with Crippen LogP contribution >= 0.6 is 0 Å². The number of oxime groups is 1. The van der Waals surface area contributed by atoms with E-state index in [1.54, 1.807) is 30.2 Å². The quantitative estimate of drug-likeness (QED) is 0.687. The van der Waals surface area contributed by atoms with Crippen molar-refractivity contribution in [1.82, 2.24) is 4.90 Å². The van der Waals surface area contributed by atoms with Crippen molar-refractivity contribution in [3.8, 4) is 5.75 Å². The molecule has 1 aliphatic rings. The lowest BCUT2D eigenvalue weighted by Gasteiger charge is -2.25. The summed E-state index contributed by atoms with van der Waals surface area (Å²) in [6.45, 7) is 2.53. The molecule has 2 aromatic carbocycles. The Morgan fingerprint density at radius 2 is 2.00 bits per heavy atom. The molecule has 1 heterocycles. The van der Waals surface area contributed by atoms with Gasteiger partial charge in [-0.3, -0.25) is 4.79 Å². The number of carbonyl (C=O) groups is 1. The standard InChI is InChI=1S/C22H25FN2O3/c1-3-8-22(26)25(14-16-9-4-6-11-19(16)23)15-17-13-20(24-28-17)18-10-5-7-12-21(18)27-2/h4-7,9-12,17H,3,8,13-15H2,1-2H3. The highest BCUT2D eigenvalue weighted by Gasteiger charge is 2.28. The van der Waals surface area contributed by atoms with E-state index in [-0.39, 0.29) is 24.4 Å². The molecule has 6 heteroatoms. The second-order valence-corrected chi connectivity index (χ2v) is 6.79. The monoisotopic (exact) mass is 384 g/mol. The fraction of sp³-hybridized carbons (Fsp3) is 0.364. The van der Waals surface area contributed by atoms with Crippen molar-refractivity contribution in [3.63, 3.8) is 0 Å². The van der Waals surface area contributed by atoms with Crippen LogP contribution in [0.4, 0.5) is 4.39 Å². The SMILES string of the molecule is CCCC(=O)N(Cc1ccccc1F)CC1CC(c2ccccc2OC)=NO1. The Morgan fingerprint density at radius 1 is 1.25 bits per heavy atom. The van der Waals surface area contributed by atoms with Crippen LogP contribution in [-0.4, -0.2) is 36.3 Å². The first-order valence-electron chi connectivity index (χ1n) is 9.49. The Hall–Kier alpha value is -2.89. The van der Waals surface area contributed by atoms with E-state index >= 15 is 0 Å². The maximum absolute atomic E-state index is 14.1. The van der Waals surface area contributed by atoms with Gasteiger partial charge >= 0.3 is 0 Å². The maximum atomic E-state index is 14.1. The summed E-state index contributed by atoms with van der Waals surface area (Å²) in [6.07, 6.45) is 1.45. The number of halogens is 1. The second kappa shape index (κ2) is 9.35. The van der Waals surface area contributed by atoms with Crippen molar-refractivity contribution in [1.29, 1.82) is 0 Å². The van der Waals surface area contributed by atoms with Crippen molar-refractivity contribution in [3.05, 3.63) is 65.5 Å². The number of methoxy groups -OCH3 is 1. The Labute approximate surface area is 164 Å². The molecule has 0 radical (unpaired) electrons. The molecule has 1 amide bonds. The van der Waals surface area contributed by atoms with E-state index < -0.39 is 0 Å². The number of hydrogen-bond acceptors (Lipinski definition) is 4. The fourth-order valence-electron chi connectivity index (χ4n) is 3.27. The fourth-order valence-corrected chi connectivity index (χ4v) is 3.27. The molecule has 0 fully saturated rings. The number of rotatable bonds is 8. The molecule has 28 heavy (non-hydrogen) atoms. The molecule has 0 saturated heterocycles. The third-order valence-electron chi connectivity index (χ3n) is 4.71. The Kier molecular flexibility index (Phi) is 6.63. The molecule has 1 unspecified atom stereocenters. The molecular weight excluding hydrogens is 359 g/mol. The summed E-state index contributed by atoms with van der Waals surface area (Å²) in [5.74, 6) is 0.408. The number of hydrogen-bond donors (Lipinski definition) is 0. The van der Waals surface area contributed by atoms with Crippen LogP contribution in [0.3, 0.4) is 0 Å². The normalized spacial score (nSPS) is 15.7. The molecule has 2 aromatic rings. The minimum atomic E-state index is -0.310. The lowest BCUT2D eigenvalue weighted by molar-refractivity contribution is -0.133. The predicted molar refractivity (Wildman–Crippen MR) is 106 cm³/mol. The van der Waals surface area contributed by atoms with Gasteiger partial charge in [-0.25, -0.2) is 4.39 Å². The van der Waals surface area contributed by atoms with Crippen LogP contribution in [0.15, 0.2) is 53.7 Å². The van der Waals surface area contributed by atoms with Crippen molar-refractivity contribution in [2.24, 2.45) is 5.16 Å². The first-order chi connectivity index (χ1) is 13.6. The van der Waals surface area contributed by atoms with Gasteiger partial charge in [0.1, 0.15) is 11.6 Å². The van der Waals surface area contributed by atoms with Crippen LogP contribution < -0.4 is 4.74 Å². The van der Waals surface area contributed by atoms with E-state index in [2.05, 4.69) is 5.16 Å². The molecule has 0 spiro atoms. The molecule has 5 nitrogen and oxygen atoms in total. The highest BCUT2D eigenvalue weighted by atomic mass is 19.1. The van der Waals surface area contributed by atoms with E-state index in [1.165, 1.54) is 6.07 Å². The van der Waals surface area contributed by atoms with Crippen LogP contribution in [-0.2, 0) is 16.2 Å². The molecule has 0 saturated carbocycles. The summed E-state index contributed by atoms with van der Waals surface area (Å²) in [5.41, 5.74) is 2.17. The number of amides is 1. The topological polar surface area (TPSA) is 51.1 Å². The smallest absolute Gasteiger partial charge is 0.222 e. The van der Waals surface area contributed by atoms with Crippen molar-refractivity contribution >= 4 is 11.6 Å². The zero-order valence-corrected chi connectivity index (χ0v) is 16.2. The first-order valence-corrected chi connectivity index (χ1v) is 9.49. The Balaban J connectivity index is 1.70. The third-order valence-corrected chi connectivity index (χ3v) is 4.71. The summed E-state index contributed by atoms with van der Waals surface area (Å²) < 4.78 is 19.5. The Morgan fingerprint density at radius 3 is 2.75 bits per heavy atom. The van der Waals surface area contributed by atoms with Gasteiger partial charge in [-0.2, -0.15) is 0 Å². The van der Waals surface area contributed by atoms with Gasteiger partial charge < -0.3 is 14.5 Å². The van der Waals surface area contributed by atoms with Gasteiger partial charge in [0, 0.05) is 30.5 Å². The molecule has 1 aliphatic heterocycles. The van der Waals surface area contributed by atoms with Crippen molar-refractivity contribution in [2.45, 2.75) is 38.8 Å². The summed E-state index contributed by atoms with van der Waals surface area (Å²) in [7, 11) is 1.62. The average Bonchev–Trinajstić information content (AvgIpc) is 3.17. The molecule has 3 rings (SSSR count). The van der Waals surface area contributed by atoms with E-state index in [4.69, 9.17) is 9.57 Å². The van der Waals surface area contributed by atoms with Crippen molar-refractivity contribution in [2.75, 3.05) is 13.7 Å². The molecule has 148 valence electrons. The van der Waals surface area contributed by atoms with Crippen LogP contribution in [0, 0.1) is 5.82 Å². The summed E-state index contributed by atoms with van der Waals surface area (Å²) in [4.78, 5) is 19.8. The molecule has 0 aromatic heterocycles. The third kappa shape index (κ3) is 4.68. The van der Waals surface area contributed by atoms with Crippen LogP contribution in [0.2, 0.25) is 0 Å². The zero-order chi connectivity index (χ0) is 19.9. The maximum Gasteiger partial charge on any atom is 0.222 e. The largest absolute Gasteiger partial charge is 0.496 e. The molecule has 0 aliphatic carbocycles. The van der Waals surface area contributed by atoms with E-state index in [1.807, 2.05) is 31.2 Å². The first kappa shape index (κ1) is 19.9. The average molecular weight is 384 g/mol. The highest BCUT2D eigenvalue weighted by molar-refractivity contribution is 6.03. The van der Waals surface area contributed by atoms with Gasteiger partial charge in [0.05, 0.1) is 19.4 Å². The van der Waals surface area contributed by atoms with Gasteiger partial charge in [-0.05, 0) is 24.6 Å². The molecule has 0 N–H and O–H groups in total. The minimum Gasteiger partial charge on any atom is -0.496 e. The number of benzene rings is 2. The number of para-hydroxylation sites is 1. The molecule has 1 atom stereocenters. The zero-order valence-electron chi connectivity index (χ0n) is 16.2. The van der Waals surface area contributed by atoms with Gasteiger partial charge in [0.2, 0.25) is 5.91 Å². The van der Waals surface area contributed by atoms with Gasteiger partial charge in [-0.15, -0.1) is 0 Å². The highest BCUT2D eigenvalue weighted by Crippen LogP contribution is 2.25. The van der Waals surface area contributed by atoms with E-state index in [0.29, 0.717) is 24.9 Å². The molecule has 0 bridgehead atoms. The predicted octanol–water partition coefficient (Wildman–Crippen LogP) is 4.16. The van der Waals surface area contributed by atoms with E-state index in [0.717, 1.165) is 23.4 Å². The van der Waals surface area contributed by atoms with Crippen LogP contribution in [0.1, 0.15) is 37.3 Å². The summed E-state index contributed by atoms with van der Waals surface area (Å²) >= 11 is 0. The molecular formula is C22H25FN2O3. The Bertz CT molecular complexity index is 853. The minimum absolute atomic E-state index is 0.0138. The van der Waals surface area contributed by atoms with Gasteiger partial charge in [0.25, 0.3) is 0 Å². The van der Waals surface area contributed by atoms with Crippen LogP contribution in [0.5, 0.6) is 5.75 Å². The number of nitrogens with zero attached hydrogens (tertiary/aromatic N) is 2. The van der Waals surface area contributed by atoms with Crippen LogP contribution in [0.25, 0.3) is 0 Å². The second-order valence-electron chi connectivity index (χ2n) is 6.79. The number of carbonyl (C=O) groups excluding carboxylic acids is 1.